The summed E-state index contributed by atoms with van der Waals surface area (Å²) in [7, 11) is 0. The van der Waals surface area contributed by atoms with Gasteiger partial charge in [0, 0.05) is 0 Å². The number of halogens is 4. The van der Waals surface area contributed by atoms with Crippen LogP contribution in [-0.2, 0) is 17.4 Å². The summed E-state index contributed by atoms with van der Waals surface area (Å²) >= 11 is 5.47. The molecule has 1 rings (SSSR count). The van der Waals surface area contributed by atoms with E-state index in [2.05, 4.69) is 0 Å². The molecule has 0 unspecified atom stereocenters. The largest absolute Gasteiger partial charge is 0.481 e. The second-order valence-corrected chi connectivity index (χ2v) is 3.54. The van der Waals surface area contributed by atoms with Gasteiger partial charge in [-0.15, -0.1) is 0 Å². The van der Waals surface area contributed by atoms with Crippen LogP contribution in [0, 0.1) is 11.3 Å². The molecule has 17 heavy (non-hydrogen) atoms. The van der Waals surface area contributed by atoms with Crippen LogP contribution in [-0.4, -0.2) is 11.1 Å². The molecule has 0 aromatic heterocycles. The SMILES string of the molecule is N#Cc1c(Cl)ccc(CC(=O)O)c1C(F)(F)F. The Kier molecular flexibility index (Phi) is 3.63. The van der Waals surface area contributed by atoms with Crippen LogP contribution in [0.2, 0.25) is 5.02 Å². The van der Waals surface area contributed by atoms with Gasteiger partial charge in [-0.3, -0.25) is 4.79 Å². The number of carboxylic acid groups (broad SMARTS) is 1. The normalized spacial score (nSPS) is 11.0. The molecule has 1 N–H and O–H groups in total. The van der Waals surface area contributed by atoms with E-state index in [9.17, 15) is 18.0 Å². The molecule has 90 valence electrons. The van der Waals surface area contributed by atoms with E-state index in [-0.39, 0.29) is 5.02 Å². The molecule has 0 saturated heterocycles. The summed E-state index contributed by atoms with van der Waals surface area (Å²) in [6, 6.07) is 3.37. The predicted octanol–water partition coefficient (Wildman–Crippen LogP) is 2.86. The van der Waals surface area contributed by atoms with Crippen LogP contribution in [0.4, 0.5) is 13.2 Å². The van der Waals surface area contributed by atoms with Crippen molar-refractivity contribution < 1.29 is 23.1 Å². The lowest BCUT2D eigenvalue weighted by atomic mass is 9.99. The number of alkyl halides is 3. The molecule has 0 spiro atoms. The summed E-state index contributed by atoms with van der Waals surface area (Å²) in [5.74, 6) is -1.42. The summed E-state index contributed by atoms with van der Waals surface area (Å²) in [6.45, 7) is 0. The monoisotopic (exact) mass is 263 g/mol. The lowest BCUT2D eigenvalue weighted by molar-refractivity contribution is -0.139. The van der Waals surface area contributed by atoms with Crippen LogP contribution >= 0.6 is 11.6 Å². The molecule has 0 atom stereocenters. The molecule has 0 heterocycles. The molecule has 0 saturated carbocycles. The average molecular weight is 264 g/mol. The van der Waals surface area contributed by atoms with Crippen molar-refractivity contribution in [1.29, 1.82) is 5.26 Å². The first-order valence-electron chi connectivity index (χ1n) is 4.28. The van der Waals surface area contributed by atoms with E-state index in [1.807, 2.05) is 0 Å². The van der Waals surface area contributed by atoms with Gasteiger partial charge in [-0.25, -0.2) is 0 Å². The molecule has 0 aliphatic heterocycles. The minimum atomic E-state index is -4.82. The maximum absolute atomic E-state index is 12.7. The molecule has 0 aliphatic rings. The van der Waals surface area contributed by atoms with E-state index in [0.29, 0.717) is 0 Å². The van der Waals surface area contributed by atoms with Crippen LogP contribution in [0.3, 0.4) is 0 Å². The summed E-state index contributed by atoms with van der Waals surface area (Å²) in [5, 5.41) is 16.8. The van der Waals surface area contributed by atoms with E-state index >= 15 is 0 Å². The number of nitrogens with zero attached hydrogens (tertiary/aromatic N) is 1. The highest BCUT2D eigenvalue weighted by Crippen LogP contribution is 2.37. The fourth-order valence-electron chi connectivity index (χ4n) is 1.36. The van der Waals surface area contributed by atoms with E-state index in [1.54, 1.807) is 0 Å². The van der Waals surface area contributed by atoms with Crippen LogP contribution in [0.15, 0.2) is 12.1 Å². The minimum Gasteiger partial charge on any atom is -0.481 e. The first-order valence-corrected chi connectivity index (χ1v) is 4.65. The lowest BCUT2D eigenvalue weighted by Gasteiger charge is -2.14. The third-order valence-electron chi connectivity index (χ3n) is 1.98. The molecule has 1 aromatic carbocycles. The van der Waals surface area contributed by atoms with E-state index in [4.69, 9.17) is 22.0 Å². The Morgan fingerprint density at radius 2 is 2.06 bits per heavy atom. The second-order valence-electron chi connectivity index (χ2n) is 3.14. The van der Waals surface area contributed by atoms with E-state index in [0.717, 1.165) is 12.1 Å². The zero-order chi connectivity index (χ0) is 13.2. The van der Waals surface area contributed by atoms with Gasteiger partial charge >= 0.3 is 12.1 Å². The van der Waals surface area contributed by atoms with Gasteiger partial charge in [0.1, 0.15) is 6.07 Å². The van der Waals surface area contributed by atoms with Gasteiger partial charge in [0.25, 0.3) is 0 Å². The molecule has 0 fully saturated rings. The Morgan fingerprint density at radius 1 is 1.47 bits per heavy atom. The maximum Gasteiger partial charge on any atom is 0.418 e. The van der Waals surface area contributed by atoms with Gasteiger partial charge in [-0.2, -0.15) is 18.4 Å². The standard InChI is InChI=1S/C10H5ClF3NO2/c11-7-2-1-5(3-8(16)17)9(6(7)4-15)10(12,13)14/h1-2H,3H2,(H,16,17). The Labute approximate surface area is 99.0 Å². The van der Waals surface area contributed by atoms with Crippen LogP contribution in [0.25, 0.3) is 0 Å². The first-order chi connectivity index (χ1) is 7.77. The summed E-state index contributed by atoms with van der Waals surface area (Å²) in [6.07, 6.45) is -5.64. The molecule has 7 heteroatoms. The van der Waals surface area contributed by atoms with Gasteiger partial charge in [-0.05, 0) is 11.6 Å². The number of benzene rings is 1. The van der Waals surface area contributed by atoms with Crippen molar-refractivity contribution in [1.82, 2.24) is 0 Å². The van der Waals surface area contributed by atoms with Crippen LogP contribution in [0.5, 0.6) is 0 Å². The fraction of sp³-hybridized carbons (Fsp3) is 0.200. The van der Waals surface area contributed by atoms with Crippen molar-refractivity contribution in [3.63, 3.8) is 0 Å². The molecule has 0 bridgehead atoms. The van der Waals surface area contributed by atoms with Gasteiger partial charge in [0.2, 0.25) is 0 Å². The Morgan fingerprint density at radius 3 is 2.47 bits per heavy atom. The fourth-order valence-corrected chi connectivity index (χ4v) is 1.56. The minimum absolute atomic E-state index is 0.353. The van der Waals surface area contributed by atoms with Crippen LogP contribution < -0.4 is 0 Å². The second kappa shape index (κ2) is 4.63. The highest BCUT2D eigenvalue weighted by molar-refractivity contribution is 6.31. The highest BCUT2D eigenvalue weighted by atomic mass is 35.5. The van der Waals surface area contributed by atoms with Gasteiger partial charge in [-0.1, -0.05) is 17.7 Å². The number of carbonyl (C=O) groups is 1. The zero-order valence-corrected chi connectivity index (χ0v) is 8.93. The molecule has 0 amide bonds. The number of rotatable bonds is 2. The Balaban J connectivity index is 3.53. The number of carboxylic acids is 1. The van der Waals surface area contributed by atoms with Gasteiger partial charge in [0.15, 0.2) is 0 Å². The van der Waals surface area contributed by atoms with Crippen molar-refractivity contribution in [2.45, 2.75) is 12.6 Å². The van der Waals surface area contributed by atoms with E-state index in [1.165, 1.54) is 6.07 Å². The molecular weight excluding hydrogens is 259 g/mol. The summed E-state index contributed by atoms with van der Waals surface area (Å²) in [4.78, 5) is 10.4. The van der Waals surface area contributed by atoms with Crippen molar-refractivity contribution in [3.8, 4) is 6.07 Å². The molecule has 0 radical (unpaired) electrons. The Hall–Kier alpha value is -1.74. The number of hydrogen-bond acceptors (Lipinski definition) is 2. The Bertz CT molecular complexity index is 505. The highest BCUT2D eigenvalue weighted by Gasteiger charge is 2.37. The molecular formula is C10H5ClF3NO2. The van der Waals surface area contributed by atoms with Gasteiger partial charge < -0.3 is 5.11 Å². The number of hydrogen-bond donors (Lipinski definition) is 1. The smallest absolute Gasteiger partial charge is 0.418 e. The zero-order valence-electron chi connectivity index (χ0n) is 8.18. The molecule has 0 aliphatic carbocycles. The van der Waals surface area contributed by atoms with Crippen molar-refractivity contribution in [2.24, 2.45) is 0 Å². The van der Waals surface area contributed by atoms with Crippen LogP contribution in [0.1, 0.15) is 16.7 Å². The number of nitriles is 1. The lowest BCUT2D eigenvalue weighted by Crippen LogP contribution is -2.14. The molecule has 1 aromatic rings. The van der Waals surface area contributed by atoms with Crippen molar-refractivity contribution >= 4 is 17.6 Å². The summed E-state index contributed by atoms with van der Waals surface area (Å²) < 4.78 is 38.2. The molecule has 3 nitrogen and oxygen atoms in total. The quantitative estimate of drug-likeness (QED) is 0.892. The summed E-state index contributed by atoms with van der Waals surface area (Å²) in [5.41, 5.74) is -2.52. The maximum atomic E-state index is 12.7. The van der Waals surface area contributed by atoms with Crippen molar-refractivity contribution in [2.75, 3.05) is 0 Å². The average Bonchev–Trinajstić information content (AvgIpc) is 2.17. The van der Waals surface area contributed by atoms with E-state index < -0.39 is 35.3 Å². The number of aliphatic carboxylic acids is 1. The van der Waals surface area contributed by atoms with Crippen molar-refractivity contribution in [3.05, 3.63) is 33.8 Å². The third kappa shape index (κ3) is 2.88. The topological polar surface area (TPSA) is 61.1 Å². The first kappa shape index (κ1) is 13.3. The van der Waals surface area contributed by atoms with Gasteiger partial charge in [0.05, 0.1) is 22.6 Å². The third-order valence-corrected chi connectivity index (χ3v) is 2.29. The predicted molar refractivity (Wildman–Crippen MR) is 52.5 cm³/mol.